The van der Waals surface area contributed by atoms with E-state index in [-0.39, 0.29) is 0 Å². The first-order valence-electron chi connectivity index (χ1n) is 23.4. The van der Waals surface area contributed by atoms with Gasteiger partial charge in [-0.25, -0.2) is 15.0 Å². The molecular weight excluding hydrogens is 837 g/mol. The Hall–Kier alpha value is -9.25. The molecule has 4 nitrogen and oxygen atoms in total. The van der Waals surface area contributed by atoms with Gasteiger partial charge in [0.05, 0.1) is 33.6 Å². The maximum atomic E-state index is 5.60. The van der Waals surface area contributed by atoms with Crippen LogP contribution in [0.3, 0.4) is 0 Å². The predicted molar refractivity (Wildman–Crippen MR) is 287 cm³/mol. The van der Waals surface area contributed by atoms with Gasteiger partial charge in [-0.1, -0.05) is 212 Å². The van der Waals surface area contributed by atoms with E-state index in [1.54, 1.807) is 0 Å². The SMILES string of the molecule is c1ccc(-c2cccc(-c3cc(-c4cccc(-c5ccccc5)c4)nc(-c4ccc(-c5cccc6c5nc(-c5ccccc5)c5ccc7c(c8ccccc8n7-c7ccccc7)c56)cc4)n3)c2)cc1. The largest absolute Gasteiger partial charge is 0.309 e. The third-order valence-electron chi connectivity index (χ3n) is 13.4. The van der Waals surface area contributed by atoms with Crippen molar-refractivity contribution >= 4 is 43.5 Å². The highest BCUT2D eigenvalue weighted by Gasteiger charge is 2.21. The number of hydrogen-bond donors (Lipinski definition) is 0. The monoisotopic (exact) mass is 878 g/mol. The third-order valence-corrected chi connectivity index (χ3v) is 13.4. The number of pyridine rings is 1. The van der Waals surface area contributed by atoms with Gasteiger partial charge in [0.15, 0.2) is 5.82 Å². The summed E-state index contributed by atoms with van der Waals surface area (Å²) in [5.41, 5.74) is 17.9. The Balaban J connectivity index is 0.983. The summed E-state index contributed by atoms with van der Waals surface area (Å²) in [7, 11) is 0. The van der Waals surface area contributed by atoms with Crippen LogP contribution in [0.25, 0.3) is 128 Å². The van der Waals surface area contributed by atoms with E-state index in [2.05, 4.69) is 259 Å². The van der Waals surface area contributed by atoms with Crippen molar-refractivity contribution in [3.8, 4) is 84.2 Å². The quantitative estimate of drug-likeness (QED) is 0.143. The average Bonchev–Trinajstić information content (AvgIpc) is 3.78. The standard InChI is InChI=1S/C65H42N4/c1-5-18-43(19-6-1)48-24-15-26-50(40-48)57-42-58(51-27-16-25-49(41-51)44-20-7-2-8-21-44)67-65(66-57)47-36-34-45(35-37-47)53-31-17-32-55-61-56(63(68-64(53)55)46-22-9-3-10-23-46)38-39-60-62(61)54-30-13-14-33-59(54)69(60)52-28-11-4-12-29-52/h1-42H. The molecule has 0 atom stereocenters. The molecule has 69 heavy (non-hydrogen) atoms. The van der Waals surface area contributed by atoms with E-state index in [1.165, 1.54) is 21.7 Å². The van der Waals surface area contributed by atoms with E-state index in [0.29, 0.717) is 5.82 Å². The molecule has 0 saturated carbocycles. The first-order valence-corrected chi connectivity index (χ1v) is 23.4. The molecular formula is C65H42N4. The van der Waals surface area contributed by atoms with Crippen LogP contribution in [-0.4, -0.2) is 19.5 Å². The van der Waals surface area contributed by atoms with Crippen molar-refractivity contribution in [1.29, 1.82) is 0 Å². The lowest BCUT2D eigenvalue weighted by Crippen LogP contribution is -1.97. The molecule has 3 aromatic heterocycles. The van der Waals surface area contributed by atoms with Crippen LogP contribution in [0.15, 0.2) is 255 Å². The summed E-state index contributed by atoms with van der Waals surface area (Å²) in [4.78, 5) is 16.2. The van der Waals surface area contributed by atoms with E-state index in [9.17, 15) is 0 Å². The number of hydrogen-bond acceptors (Lipinski definition) is 3. The van der Waals surface area contributed by atoms with E-state index in [0.717, 1.165) is 100 Å². The molecule has 0 radical (unpaired) electrons. The Morgan fingerprint density at radius 2 is 0.783 bits per heavy atom. The fraction of sp³-hybridized carbons (Fsp3) is 0. The number of aromatic nitrogens is 4. The van der Waals surface area contributed by atoms with Crippen LogP contribution in [0.2, 0.25) is 0 Å². The van der Waals surface area contributed by atoms with E-state index in [4.69, 9.17) is 15.0 Å². The van der Waals surface area contributed by atoms with Gasteiger partial charge in [0.2, 0.25) is 0 Å². The Bertz CT molecular complexity index is 3930. The molecule has 0 aliphatic heterocycles. The topological polar surface area (TPSA) is 43.6 Å². The van der Waals surface area contributed by atoms with Gasteiger partial charge in [-0.2, -0.15) is 0 Å². The minimum atomic E-state index is 0.662. The normalized spacial score (nSPS) is 11.5. The fourth-order valence-corrected chi connectivity index (χ4v) is 10.1. The minimum absolute atomic E-state index is 0.662. The Kier molecular flexibility index (Phi) is 9.80. The number of para-hydroxylation sites is 3. The summed E-state index contributed by atoms with van der Waals surface area (Å²) >= 11 is 0. The second-order valence-electron chi connectivity index (χ2n) is 17.5. The summed E-state index contributed by atoms with van der Waals surface area (Å²) in [6, 6.07) is 90.3. The molecule has 0 saturated heterocycles. The van der Waals surface area contributed by atoms with Crippen LogP contribution in [0, 0.1) is 0 Å². The zero-order valence-corrected chi connectivity index (χ0v) is 37.5. The van der Waals surface area contributed by atoms with Gasteiger partial charge < -0.3 is 4.57 Å². The first kappa shape index (κ1) is 40.1. The van der Waals surface area contributed by atoms with Crippen LogP contribution in [-0.2, 0) is 0 Å². The molecule has 322 valence electrons. The molecule has 4 heteroatoms. The lowest BCUT2D eigenvalue weighted by atomic mass is 9.93. The van der Waals surface area contributed by atoms with Crippen LogP contribution >= 0.6 is 0 Å². The number of fused-ring (bicyclic) bond motifs is 7. The third kappa shape index (κ3) is 7.14. The van der Waals surface area contributed by atoms with Gasteiger partial charge in [0.25, 0.3) is 0 Å². The van der Waals surface area contributed by atoms with E-state index in [1.807, 2.05) is 0 Å². The Morgan fingerprint density at radius 3 is 1.42 bits per heavy atom. The second kappa shape index (κ2) is 16.9. The molecule has 13 rings (SSSR count). The summed E-state index contributed by atoms with van der Waals surface area (Å²) in [6.45, 7) is 0. The van der Waals surface area contributed by atoms with Gasteiger partial charge >= 0.3 is 0 Å². The van der Waals surface area contributed by atoms with Gasteiger partial charge in [0, 0.05) is 60.4 Å². The van der Waals surface area contributed by atoms with Gasteiger partial charge in [-0.05, 0) is 70.3 Å². The van der Waals surface area contributed by atoms with Crippen molar-refractivity contribution in [2.45, 2.75) is 0 Å². The highest BCUT2D eigenvalue weighted by atomic mass is 15.0. The van der Waals surface area contributed by atoms with Crippen LogP contribution in [0.1, 0.15) is 0 Å². The van der Waals surface area contributed by atoms with Crippen molar-refractivity contribution < 1.29 is 0 Å². The molecule has 0 bridgehead atoms. The minimum Gasteiger partial charge on any atom is -0.309 e. The number of rotatable bonds is 8. The number of nitrogens with zero attached hydrogens (tertiary/aromatic N) is 4. The average molecular weight is 879 g/mol. The van der Waals surface area contributed by atoms with E-state index < -0.39 is 0 Å². The van der Waals surface area contributed by atoms with Crippen molar-refractivity contribution in [2.24, 2.45) is 0 Å². The summed E-state index contributed by atoms with van der Waals surface area (Å²) in [5, 5.41) is 5.88. The summed E-state index contributed by atoms with van der Waals surface area (Å²) in [6.07, 6.45) is 0. The molecule has 0 amide bonds. The van der Waals surface area contributed by atoms with Crippen LogP contribution in [0.5, 0.6) is 0 Å². The Morgan fingerprint density at radius 1 is 0.275 bits per heavy atom. The van der Waals surface area contributed by atoms with Crippen molar-refractivity contribution in [2.75, 3.05) is 0 Å². The summed E-state index contributed by atoms with van der Waals surface area (Å²) < 4.78 is 2.39. The molecule has 0 unspecified atom stereocenters. The van der Waals surface area contributed by atoms with Gasteiger partial charge in [-0.15, -0.1) is 0 Å². The van der Waals surface area contributed by atoms with Crippen molar-refractivity contribution in [3.05, 3.63) is 255 Å². The molecule has 0 aliphatic rings. The molecule has 10 aromatic carbocycles. The zero-order valence-electron chi connectivity index (χ0n) is 37.5. The first-order chi connectivity index (χ1) is 34.2. The predicted octanol–water partition coefficient (Wildman–Crippen LogP) is 16.9. The second-order valence-corrected chi connectivity index (χ2v) is 17.5. The van der Waals surface area contributed by atoms with Crippen LogP contribution in [0.4, 0.5) is 0 Å². The molecule has 13 aromatic rings. The maximum Gasteiger partial charge on any atom is 0.160 e. The van der Waals surface area contributed by atoms with Gasteiger partial charge in [0.1, 0.15) is 0 Å². The molecule has 0 aliphatic carbocycles. The van der Waals surface area contributed by atoms with Crippen molar-refractivity contribution in [3.63, 3.8) is 0 Å². The highest BCUT2D eigenvalue weighted by Crippen LogP contribution is 2.44. The maximum absolute atomic E-state index is 5.60. The molecule has 3 heterocycles. The molecule has 0 fully saturated rings. The Labute approximate surface area is 400 Å². The van der Waals surface area contributed by atoms with Crippen molar-refractivity contribution in [1.82, 2.24) is 19.5 Å². The number of benzene rings is 10. The fourth-order valence-electron chi connectivity index (χ4n) is 10.1. The van der Waals surface area contributed by atoms with Crippen LogP contribution < -0.4 is 0 Å². The van der Waals surface area contributed by atoms with E-state index >= 15 is 0 Å². The van der Waals surface area contributed by atoms with Gasteiger partial charge in [-0.3, -0.25) is 0 Å². The highest BCUT2D eigenvalue weighted by molar-refractivity contribution is 6.30. The lowest BCUT2D eigenvalue weighted by Gasteiger charge is -2.15. The molecule has 0 N–H and O–H groups in total. The zero-order chi connectivity index (χ0) is 45.7. The lowest BCUT2D eigenvalue weighted by molar-refractivity contribution is 1.18. The molecule has 0 spiro atoms. The smallest absolute Gasteiger partial charge is 0.160 e. The summed E-state index contributed by atoms with van der Waals surface area (Å²) in [5.74, 6) is 0.662.